The molecule has 1 aliphatic carbocycles. The number of amidine groups is 1. The molecule has 1 saturated carbocycles. The van der Waals surface area contributed by atoms with Crippen molar-refractivity contribution in [3.05, 3.63) is 55.6 Å². The van der Waals surface area contributed by atoms with E-state index < -0.39 is 4.92 Å². The fourth-order valence-corrected chi connectivity index (χ4v) is 4.64. The topological polar surface area (TPSA) is 97.7 Å². The first-order chi connectivity index (χ1) is 13.5. The summed E-state index contributed by atoms with van der Waals surface area (Å²) < 4.78 is 6.38. The number of nitro benzene ring substituents is 1. The van der Waals surface area contributed by atoms with Crippen LogP contribution >= 0.6 is 27.7 Å². The highest BCUT2D eigenvalue weighted by Gasteiger charge is 2.26. The summed E-state index contributed by atoms with van der Waals surface area (Å²) in [5, 5.41) is 14.3. The monoisotopic (exact) mass is 461 g/mol. The Kier molecular flexibility index (Phi) is 5.36. The Morgan fingerprint density at radius 3 is 2.79 bits per heavy atom. The van der Waals surface area contributed by atoms with E-state index in [0.717, 1.165) is 12.8 Å². The Balaban J connectivity index is 1.53. The minimum atomic E-state index is -0.451. The number of rotatable bonds is 4. The van der Waals surface area contributed by atoms with Crippen LogP contribution in [-0.2, 0) is 4.79 Å². The first-order valence-electron chi connectivity index (χ1n) is 8.82. The summed E-state index contributed by atoms with van der Waals surface area (Å²) in [5.41, 5.74) is 0.694. The third-order valence-corrected chi connectivity index (χ3v) is 6.18. The highest BCUT2D eigenvalue weighted by molar-refractivity contribution is 9.10. The number of nitrogens with zero attached hydrogens (tertiary/aromatic N) is 2. The van der Waals surface area contributed by atoms with Crippen molar-refractivity contribution in [2.75, 3.05) is 0 Å². The molecule has 7 nitrogen and oxygen atoms in total. The van der Waals surface area contributed by atoms with Crippen molar-refractivity contribution in [1.82, 2.24) is 5.32 Å². The average Bonchev–Trinajstić information content (AvgIpc) is 3.39. The Bertz CT molecular complexity index is 1010. The molecule has 144 valence electrons. The second kappa shape index (κ2) is 7.92. The number of furan rings is 1. The molecule has 1 amide bonds. The normalized spacial score (nSPS) is 20.2. The number of nitrogens with one attached hydrogen (secondary N) is 1. The summed E-state index contributed by atoms with van der Waals surface area (Å²) in [4.78, 5) is 27.8. The summed E-state index contributed by atoms with van der Waals surface area (Å²) in [6.45, 7) is 0. The molecule has 9 heteroatoms. The SMILES string of the molecule is O=C1NC(=NC2CCCC2)S/C1=C\c1ccc(-c2ccc([N+](=O)[O-])cc2Br)o1. The van der Waals surface area contributed by atoms with Gasteiger partial charge in [0, 0.05) is 28.2 Å². The lowest BCUT2D eigenvalue weighted by Gasteiger charge is -2.02. The molecule has 0 atom stereocenters. The number of hydrogen-bond donors (Lipinski definition) is 1. The zero-order valence-electron chi connectivity index (χ0n) is 14.7. The zero-order chi connectivity index (χ0) is 19.7. The van der Waals surface area contributed by atoms with Crippen LogP contribution in [0.3, 0.4) is 0 Å². The first kappa shape index (κ1) is 18.9. The maximum absolute atomic E-state index is 12.2. The van der Waals surface area contributed by atoms with Crippen molar-refractivity contribution in [3.63, 3.8) is 0 Å². The molecule has 2 fully saturated rings. The van der Waals surface area contributed by atoms with Crippen LogP contribution < -0.4 is 5.32 Å². The molecule has 4 rings (SSSR count). The number of nitro groups is 1. The lowest BCUT2D eigenvalue weighted by molar-refractivity contribution is -0.384. The molecule has 1 N–H and O–H groups in total. The van der Waals surface area contributed by atoms with Gasteiger partial charge in [0.1, 0.15) is 11.5 Å². The maximum Gasteiger partial charge on any atom is 0.270 e. The van der Waals surface area contributed by atoms with Crippen LogP contribution in [0.15, 0.2) is 49.1 Å². The van der Waals surface area contributed by atoms with E-state index in [1.165, 1.54) is 36.7 Å². The van der Waals surface area contributed by atoms with Gasteiger partial charge in [-0.1, -0.05) is 12.8 Å². The Morgan fingerprint density at radius 1 is 1.29 bits per heavy atom. The summed E-state index contributed by atoms with van der Waals surface area (Å²) in [6, 6.07) is 8.31. The van der Waals surface area contributed by atoms with E-state index in [-0.39, 0.29) is 11.6 Å². The summed E-state index contributed by atoms with van der Waals surface area (Å²) in [6.07, 6.45) is 6.21. The minimum Gasteiger partial charge on any atom is -0.457 e. The quantitative estimate of drug-likeness (QED) is 0.387. The molecule has 0 bridgehead atoms. The van der Waals surface area contributed by atoms with Crippen molar-refractivity contribution >= 4 is 50.5 Å². The van der Waals surface area contributed by atoms with E-state index in [4.69, 9.17) is 4.42 Å². The van der Waals surface area contributed by atoms with E-state index in [1.807, 2.05) is 0 Å². The van der Waals surface area contributed by atoms with Gasteiger partial charge < -0.3 is 9.73 Å². The van der Waals surface area contributed by atoms with Crippen molar-refractivity contribution in [1.29, 1.82) is 0 Å². The van der Waals surface area contributed by atoms with Crippen molar-refractivity contribution in [2.45, 2.75) is 31.7 Å². The molecule has 0 unspecified atom stereocenters. The second-order valence-corrected chi connectivity index (χ2v) is 8.45. The number of carbonyl (C=O) groups is 1. The molecule has 2 aliphatic rings. The van der Waals surface area contributed by atoms with Gasteiger partial charge in [-0.15, -0.1) is 0 Å². The smallest absolute Gasteiger partial charge is 0.270 e. The molecular formula is C19H16BrN3O4S. The largest absolute Gasteiger partial charge is 0.457 e. The number of amides is 1. The van der Waals surface area contributed by atoms with Crippen LogP contribution in [0.25, 0.3) is 17.4 Å². The van der Waals surface area contributed by atoms with E-state index in [0.29, 0.717) is 37.7 Å². The zero-order valence-corrected chi connectivity index (χ0v) is 17.1. The summed E-state index contributed by atoms with van der Waals surface area (Å²) >= 11 is 4.66. The van der Waals surface area contributed by atoms with Gasteiger partial charge in [-0.05, 0) is 58.7 Å². The minimum absolute atomic E-state index is 0.00220. The van der Waals surface area contributed by atoms with Crippen LogP contribution in [-0.4, -0.2) is 22.0 Å². The van der Waals surface area contributed by atoms with E-state index >= 15 is 0 Å². The highest BCUT2D eigenvalue weighted by atomic mass is 79.9. The first-order valence-corrected chi connectivity index (χ1v) is 10.4. The predicted molar refractivity (Wildman–Crippen MR) is 112 cm³/mol. The van der Waals surface area contributed by atoms with Crippen molar-refractivity contribution in [3.8, 4) is 11.3 Å². The van der Waals surface area contributed by atoms with Crippen LogP contribution in [0.1, 0.15) is 31.4 Å². The van der Waals surface area contributed by atoms with Gasteiger partial charge in [0.2, 0.25) is 0 Å². The van der Waals surface area contributed by atoms with Gasteiger partial charge in [0.15, 0.2) is 5.17 Å². The molecule has 1 aromatic heterocycles. The number of aliphatic imine (C=N–C) groups is 1. The number of non-ortho nitro benzene ring substituents is 1. The number of thioether (sulfide) groups is 1. The molecule has 1 saturated heterocycles. The highest BCUT2D eigenvalue weighted by Crippen LogP contribution is 2.34. The van der Waals surface area contributed by atoms with Gasteiger partial charge in [-0.25, -0.2) is 0 Å². The summed E-state index contributed by atoms with van der Waals surface area (Å²) in [5.74, 6) is 0.896. The van der Waals surface area contributed by atoms with Crippen LogP contribution in [0.4, 0.5) is 5.69 Å². The lowest BCUT2D eigenvalue weighted by Crippen LogP contribution is -2.21. The van der Waals surface area contributed by atoms with Crippen molar-refractivity contribution < 1.29 is 14.1 Å². The van der Waals surface area contributed by atoms with Gasteiger partial charge in [0.25, 0.3) is 11.6 Å². The lowest BCUT2D eigenvalue weighted by atomic mass is 10.1. The Hall–Kier alpha value is -2.39. The van der Waals surface area contributed by atoms with Gasteiger partial charge >= 0.3 is 0 Å². The number of hydrogen-bond acceptors (Lipinski definition) is 6. The van der Waals surface area contributed by atoms with Gasteiger partial charge in [-0.3, -0.25) is 19.9 Å². The Labute approximate surface area is 173 Å². The van der Waals surface area contributed by atoms with Crippen LogP contribution in [0, 0.1) is 10.1 Å². The number of halogens is 1. The number of carbonyl (C=O) groups excluding carboxylic acids is 1. The Morgan fingerprint density at radius 2 is 2.07 bits per heavy atom. The third kappa shape index (κ3) is 4.05. The predicted octanol–water partition coefficient (Wildman–Crippen LogP) is 5.12. The molecule has 0 spiro atoms. The summed E-state index contributed by atoms with van der Waals surface area (Å²) in [7, 11) is 0. The molecule has 1 aromatic carbocycles. The third-order valence-electron chi connectivity index (χ3n) is 4.60. The molecule has 28 heavy (non-hydrogen) atoms. The van der Waals surface area contributed by atoms with E-state index in [2.05, 4.69) is 26.2 Å². The van der Waals surface area contributed by atoms with Gasteiger partial charge in [0.05, 0.1) is 15.9 Å². The van der Waals surface area contributed by atoms with Crippen molar-refractivity contribution in [2.24, 2.45) is 4.99 Å². The maximum atomic E-state index is 12.2. The molecule has 2 heterocycles. The van der Waals surface area contributed by atoms with Gasteiger partial charge in [-0.2, -0.15) is 0 Å². The fraction of sp³-hybridized carbons (Fsp3) is 0.263. The van der Waals surface area contributed by atoms with E-state index in [9.17, 15) is 14.9 Å². The van der Waals surface area contributed by atoms with Crippen LogP contribution in [0.5, 0.6) is 0 Å². The molecule has 1 aliphatic heterocycles. The molecule has 2 aromatic rings. The molecule has 0 radical (unpaired) electrons. The average molecular weight is 462 g/mol. The molecular weight excluding hydrogens is 446 g/mol. The second-order valence-electron chi connectivity index (χ2n) is 6.56. The fourth-order valence-electron chi connectivity index (χ4n) is 3.21. The standard InChI is InChI=1S/C19H16BrN3O4S/c20-15-9-12(23(25)26)5-7-14(15)16-8-6-13(27-16)10-17-18(24)22-19(28-17)21-11-3-1-2-4-11/h5-11H,1-4H2,(H,21,22,24)/b17-10-. The number of benzene rings is 1. The van der Waals surface area contributed by atoms with Crippen LogP contribution in [0.2, 0.25) is 0 Å². The van der Waals surface area contributed by atoms with E-state index in [1.54, 1.807) is 24.3 Å².